The third-order valence-electron chi connectivity index (χ3n) is 2.05. The van der Waals surface area contributed by atoms with Gasteiger partial charge in [0.2, 0.25) is 0 Å². The first kappa shape index (κ1) is 10.8. The van der Waals surface area contributed by atoms with E-state index < -0.39 is 0 Å². The normalized spacial score (nSPS) is 11.8. The van der Waals surface area contributed by atoms with Gasteiger partial charge in [0.25, 0.3) is 0 Å². The highest BCUT2D eigenvalue weighted by Gasteiger charge is 2.03. The van der Waals surface area contributed by atoms with Crippen molar-refractivity contribution >= 4 is 33.8 Å². The molecule has 0 amide bonds. The van der Waals surface area contributed by atoms with Crippen molar-refractivity contribution in [2.75, 3.05) is 0 Å². The second-order valence-corrected chi connectivity index (χ2v) is 4.12. The number of nitrogens with zero attached hydrogens (tertiary/aromatic N) is 3. The fourth-order valence-electron chi connectivity index (χ4n) is 1.31. The number of halogens is 1. The van der Waals surface area contributed by atoms with E-state index in [0.717, 1.165) is 15.7 Å². The van der Waals surface area contributed by atoms with Crippen molar-refractivity contribution in [1.82, 2.24) is 19.7 Å². The first-order valence-electron chi connectivity index (χ1n) is 4.61. The van der Waals surface area contributed by atoms with E-state index in [9.17, 15) is 0 Å². The van der Waals surface area contributed by atoms with Gasteiger partial charge in [0.1, 0.15) is 10.4 Å². The Labute approximate surface area is 101 Å². The molecule has 6 heteroatoms. The minimum atomic E-state index is 0.703. The van der Waals surface area contributed by atoms with Crippen LogP contribution in [0.15, 0.2) is 23.2 Å². The predicted octanol–water partition coefficient (Wildman–Crippen LogP) is 2.10. The molecule has 2 aromatic heterocycles. The average Bonchev–Trinajstić information content (AvgIpc) is 2.84. The molecule has 2 N–H and O–H groups in total. The van der Waals surface area contributed by atoms with E-state index in [4.69, 9.17) is 5.41 Å². The smallest absolute Gasteiger partial charge is 0.131 e. The number of hydrogen-bond donors (Lipinski definition) is 2. The molecule has 0 spiro atoms. The third kappa shape index (κ3) is 2.27. The zero-order valence-corrected chi connectivity index (χ0v) is 10.2. The Morgan fingerprint density at radius 2 is 2.38 bits per heavy atom. The summed E-state index contributed by atoms with van der Waals surface area (Å²) in [7, 11) is 1.84. The number of rotatable bonds is 3. The summed E-state index contributed by atoms with van der Waals surface area (Å²) in [6.45, 7) is 0. The minimum absolute atomic E-state index is 0.703. The molecule has 2 heterocycles. The summed E-state index contributed by atoms with van der Waals surface area (Å²) in [5.74, 6) is 0.703. The Morgan fingerprint density at radius 1 is 1.56 bits per heavy atom. The van der Waals surface area contributed by atoms with Crippen molar-refractivity contribution in [3.63, 3.8) is 0 Å². The van der Waals surface area contributed by atoms with Crippen LogP contribution in [-0.4, -0.2) is 26.0 Å². The van der Waals surface area contributed by atoms with E-state index in [1.165, 1.54) is 6.21 Å². The number of imidazole rings is 1. The van der Waals surface area contributed by atoms with Crippen molar-refractivity contribution in [1.29, 1.82) is 5.41 Å². The van der Waals surface area contributed by atoms with Crippen LogP contribution in [0.4, 0.5) is 0 Å². The second-order valence-electron chi connectivity index (χ2n) is 3.26. The average molecular weight is 280 g/mol. The highest BCUT2D eigenvalue weighted by Crippen LogP contribution is 2.15. The predicted molar refractivity (Wildman–Crippen MR) is 66.2 cm³/mol. The van der Waals surface area contributed by atoms with Crippen molar-refractivity contribution in [2.24, 2.45) is 7.05 Å². The SMILES string of the molecule is Cn1cc(/C(C=N)=C/c2ncc(Br)[nH]2)cn1. The molecule has 0 saturated heterocycles. The molecule has 82 valence electrons. The van der Waals surface area contributed by atoms with Crippen molar-refractivity contribution < 1.29 is 0 Å². The Kier molecular flexibility index (Phi) is 3.00. The largest absolute Gasteiger partial charge is 0.333 e. The van der Waals surface area contributed by atoms with Gasteiger partial charge in [0.05, 0.1) is 12.4 Å². The van der Waals surface area contributed by atoms with E-state index in [2.05, 4.69) is 31.0 Å². The van der Waals surface area contributed by atoms with Gasteiger partial charge in [-0.25, -0.2) is 4.98 Å². The number of aromatic amines is 1. The minimum Gasteiger partial charge on any atom is -0.333 e. The molecule has 16 heavy (non-hydrogen) atoms. The van der Waals surface area contributed by atoms with Gasteiger partial charge in [-0.1, -0.05) is 0 Å². The summed E-state index contributed by atoms with van der Waals surface area (Å²) in [6, 6.07) is 0. The highest BCUT2D eigenvalue weighted by atomic mass is 79.9. The summed E-state index contributed by atoms with van der Waals surface area (Å²) in [5.41, 5.74) is 1.65. The molecule has 0 fully saturated rings. The summed E-state index contributed by atoms with van der Waals surface area (Å²) in [5, 5.41) is 11.4. The highest BCUT2D eigenvalue weighted by molar-refractivity contribution is 9.10. The Balaban J connectivity index is 2.36. The Bertz CT molecular complexity index is 537. The molecule has 0 radical (unpaired) electrons. The standard InChI is InChI=1S/C10H10BrN5/c1-16-6-8(4-14-16)7(3-12)2-10-13-5-9(11)15-10/h2-6,12H,1H3,(H,13,15)/b7-2+,12-3?. The summed E-state index contributed by atoms with van der Waals surface area (Å²) in [4.78, 5) is 7.14. The topological polar surface area (TPSA) is 70.3 Å². The molecular weight excluding hydrogens is 270 g/mol. The fourth-order valence-corrected chi connectivity index (χ4v) is 1.62. The van der Waals surface area contributed by atoms with Crippen LogP contribution >= 0.6 is 15.9 Å². The van der Waals surface area contributed by atoms with E-state index in [1.807, 2.05) is 13.2 Å². The first-order valence-corrected chi connectivity index (χ1v) is 5.40. The zero-order valence-electron chi connectivity index (χ0n) is 8.61. The van der Waals surface area contributed by atoms with E-state index >= 15 is 0 Å². The maximum absolute atomic E-state index is 7.38. The number of hydrogen-bond acceptors (Lipinski definition) is 3. The number of allylic oxidation sites excluding steroid dienone is 1. The van der Waals surface area contributed by atoms with Crippen LogP contribution in [0.1, 0.15) is 11.4 Å². The molecule has 0 aliphatic rings. The molecule has 0 aliphatic carbocycles. The molecule has 2 rings (SSSR count). The Morgan fingerprint density at radius 3 is 2.88 bits per heavy atom. The molecule has 0 aliphatic heterocycles. The van der Waals surface area contributed by atoms with Gasteiger partial charge < -0.3 is 10.4 Å². The number of aromatic nitrogens is 4. The monoisotopic (exact) mass is 279 g/mol. The van der Waals surface area contributed by atoms with Crippen LogP contribution in [0.2, 0.25) is 0 Å². The fraction of sp³-hybridized carbons (Fsp3) is 0.100. The first-order chi connectivity index (χ1) is 7.69. The van der Waals surface area contributed by atoms with Crippen LogP contribution in [0.5, 0.6) is 0 Å². The van der Waals surface area contributed by atoms with Gasteiger partial charge in [-0.05, 0) is 22.0 Å². The molecule has 0 atom stereocenters. The molecular formula is C10H10BrN5. The maximum Gasteiger partial charge on any atom is 0.131 e. The molecule has 5 nitrogen and oxygen atoms in total. The Hall–Kier alpha value is -1.69. The van der Waals surface area contributed by atoms with Crippen LogP contribution in [0.3, 0.4) is 0 Å². The van der Waals surface area contributed by atoms with E-state index in [0.29, 0.717) is 5.82 Å². The number of aryl methyl sites for hydroxylation is 1. The molecule has 0 aromatic carbocycles. The van der Waals surface area contributed by atoms with Crippen LogP contribution in [0.25, 0.3) is 11.6 Å². The maximum atomic E-state index is 7.38. The summed E-state index contributed by atoms with van der Waals surface area (Å²) in [6.07, 6.45) is 8.34. The number of H-pyrrole nitrogens is 1. The summed E-state index contributed by atoms with van der Waals surface area (Å²) < 4.78 is 2.51. The molecule has 0 saturated carbocycles. The zero-order chi connectivity index (χ0) is 11.5. The van der Waals surface area contributed by atoms with Gasteiger partial charge in [-0.15, -0.1) is 0 Å². The second kappa shape index (κ2) is 4.44. The lowest BCUT2D eigenvalue weighted by Crippen LogP contribution is -1.86. The van der Waals surface area contributed by atoms with Crippen LogP contribution in [-0.2, 0) is 7.05 Å². The number of nitrogens with one attached hydrogen (secondary N) is 2. The quantitative estimate of drug-likeness (QED) is 0.845. The molecule has 0 bridgehead atoms. The molecule has 2 aromatic rings. The van der Waals surface area contributed by atoms with Crippen molar-refractivity contribution in [3.05, 3.63) is 34.6 Å². The van der Waals surface area contributed by atoms with Crippen molar-refractivity contribution in [2.45, 2.75) is 0 Å². The van der Waals surface area contributed by atoms with Crippen LogP contribution in [0, 0.1) is 5.41 Å². The summed E-state index contributed by atoms with van der Waals surface area (Å²) >= 11 is 3.28. The third-order valence-corrected chi connectivity index (χ3v) is 2.45. The van der Waals surface area contributed by atoms with Gasteiger partial charge in [0, 0.05) is 30.6 Å². The van der Waals surface area contributed by atoms with Gasteiger partial charge in [-0.2, -0.15) is 5.10 Å². The molecule has 0 unspecified atom stereocenters. The van der Waals surface area contributed by atoms with Gasteiger partial charge >= 0.3 is 0 Å². The van der Waals surface area contributed by atoms with E-state index in [-0.39, 0.29) is 0 Å². The lowest BCUT2D eigenvalue weighted by atomic mass is 10.1. The van der Waals surface area contributed by atoms with Gasteiger partial charge in [-0.3, -0.25) is 4.68 Å². The van der Waals surface area contributed by atoms with Crippen LogP contribution < -0.4 is 0 Å². The van der Waals surface area contributed by atoms with Crippen molar-refractivity contribution in [3.8, 4) is 0 Å². The lowest BCUT2D eigenvalue weighted by Gasteiger charge is -1.94. The lowest BCUT2D eigenvalue weighted by molar-refractivity contribution is 0.767. The van der Waals surface area contributed by atoms with Gasteiger partial charge in [0.15, 0.2) is 0 Å². The van der Waals surface area contributed by atoms with E-state index in [1.54, 1.807) is 23.2 Å².